The predicted octanol–water partition coefficient (Wildman–Crippen LogP) is 3.79. The average molecular weight is 333 g/mol. The number of hydrogen-bond acceptors (Lipinski definition) is 4. The Morgan fingerprint density at radius 3 is 2.50 bits per heavy atom. The Bertz CT molecular complexity index is 737. The number of H-pyrrole nitrogens is 1. The molecule has 1 N–H and O–H groups in total. The van der Waals surface area contributed by atoms with Crippen LogP contribution in [0.15, 0.2) is 34.1 Å². The molecular weight excluding hydrogens is 314 g/mol. The molecule has 1 aliphatic heterocycles. The first-order valence-electron chi connectivity index (χ1n) is 7.31. The van der Waals surface area contributed by atoms with Gasteiger partial charge in [0.05, 0.1) is 5.03 Å². The smallest absolute Gasteiger partial charge is 0.305 e. The largest absolute Gasteiger partial charge is 0.307 e. The lowest BCUT2D eigenvalue weighted by atomic mass is 9.82. The van der Waals surface area contributed by atoms with Gasteiger partial charge >= 0.3 is 4.87 Å². The van der Waals surface area contributed by atoms with Crippen molar-refractivity contribution in [3.8, 4) is 0 Å². The van der Waals surface area contributed by atoms with E-state index in [0.29, 0.717) is 0 Å². The lowest BCUT2D eigenvalue weighted by Crippen LogP contribution is -2.22. The quantitative estimate of drug-likeness (QED) is 0.851. The molecule has 0 unspecified atom stereocenters. The minimum absolute atomic E-state index is 0.00767. The zero-order valence-electron chi connectivity index (χ0n) is 12.9. The molecule has 3 nitrogen and oxygen atoms in total. The first-order valence-corrected chi connectivity index (χ1v) is 9.12. The van der Waals surface area contributed by atoms with Gasteiger partial charge in [-0.25, -0.2) is 0 Å². The number of aromatic amines is 1. The van der Waals surface area contributed by atoms with E-state index in [1.807, 2.05) is 0 Å². The third-order valence-corrected chi connectivity index (χ3v) is 6.34. The van der Waals surface area contributed by atoms with Gasteiger partial charge in [0.1, 0.15) is 6.29 Å². The number of fused-ring (bicyclic) bond motifs is 1. The zero-order valence-corrected chi connectivity index (χ0v) is 14.5. The average Bonchev–Trinajstić information content (AvgIpc) is 2.85. The Labute approximate surface area is 138 Å². The molecule has 0 aliphatic carbocycles. The minimum Gasteiger partial charge on any atom is -0.307 e. The highest BCUT2D eigenvalue weighted by Gasteiger charge is 2.33. The third-order valence-electron chi connectivity index (χ3n) is 4.08. The van der Waals surface area contributed by atoms with E-state index in [4.69, 9.17) is 0 Å². The monoisotopic (exact) mass is 333 g/mol. The fourth-order valence-electron chi connectivity index (χ4n) is 2.82. The standard InChI is InChI=1S/C17H19NO2S2/c1-17(2,3)12-6-4-10(5-7-12)13-11(8-19)9-21-15-14(13)22-16(20)18-15/h4-8,11,13H,9H2,1-3H3,(H,18,20)/t11-,13+/m0/s1. The second kappa shape index (κ2) is 5.70. The predicted molar refractivity (Wildman–Crippen MR) is 92.2 cm³/mol. The molecule has 22 heavy (non-hydrogen) atoms. The van der Waals surface area contributed by atoms with E-state index in [0.717, 1.165) is 27.5 Å². The summed E-state index contributed by atoms with van der Waals surface area (Å²) < 4.78 is 0. The molecule has 1 aromatic carbocycles. The van der Waals surface area contributed by atoms with Crippen molar-refractivity contribution < 1.29 is 4.79 Å². The maximum absolute atomic E-state index is 11.7. The normalized spacial score (nSPS) is 21.4. The molecule has 116 valence electrons. The van der Waals surface area contributed by atoms with Crippen molar-refractivity contribution >= 4 is 29.4 Å². The summed E-state index contributed by atoms with van der Waals surface area (Å²) in [7, 11) is 0. The molecule has 3 rings (SSSR count). The van der Waals surface area contributed by atoms with Gasteiger partial charge in [0, 0.05) is 22.5 Å². The topological polar surface area (TPSA) is 49.9 Å². The number of aldehydes is 1. The Hall–Kier alpha value is -1.33. The van der Waals surface area contributed by atoms with E-state index in [9.17, 15) is 9.59 Å². The molecule has 0 radical (unpaired) electrons. The van der Waals surface area contributed by atoms with Crippen LogP contribution in [0.25, 0.3) is 0 Å². The van der Waals surface area contributed by atoms with Crippen LogP contribution in [0.1, 0.15) is 42.7 Å². The lowest BCUT2D eigenvalue weighted by Gasteiger charge is -2.28. The number of carbonyl (C=O) groups excluding carboxylic acids is 1. The van der Waals surface area contributed by atoms with Crippen molar-refractivity contribution in [3.63, 3.8) is 0 Å². The number of carbonyl (C=O) groups is 1. The molecule has 0 bridgehead atoms. The van der Waals surface area contributed by atoms with Crippen molar-refractivity contribution in [2.45, 2.75) is 37.1 Å². The Morgan fingerprint density at radius 2 is 1.91 bits per heavy atom. The zero-order chi connectivity index (χ0) is 15.9. The maximum atomic E-state index is 11.7. The van der Waals surface area contributed by atoms with Gasteiger partial charge < -0.3 is 9.78 Å². The molecule has 2 aromatic rings. The van der Waals surface area contributed by atoms with Crippen LogP contribution in [-0.2, 0) is 10.2 Å². The first kappa shape index (κ1) is 15.6. The molecule has 2 heterocycles. The van der Waals surface area contributed by atoms with Crippen LogP contribution in [0, 0.1) is 5.92 Å². The summed E-state index contributed by atoms with van der Waals surface area (Å²) in [5.41, 5.74) is 2.49. The van der Waals surface area contributed by atoms with Gasteiger partial charge in [0.2, 0.25) is 0 Å². The molecule has 1 aliphatic rings. The summed E-state index contributed by atoms with van der Waals surface area (Å²) in [6.07, 6.45) is 1.03. The number of aromatic nitrogens is 1. The van der Waals surface area contributed by atoms with Crippen molar-refractivity contribution in [2.24, 2.45) is 5.92 Å². The second-order valence-electron chi connectivity index (χ2n) is 6.67. The van der Waals surface area contributed by atoms with E-state index >= 15 is 0 Å². The second-order valence-corrected chi connectivity index (χ2v) is 8.71. The van der Waals surface area contributed by atoms with Gasteiger partial charge in [0.15, 0.2) is 0 Å². The molecule has 0 saturated carbocycles. The van der Waals surface area contributed by atoms with E-state index in [-0.39, 0.29) is 22.1 Å². The maximum Gasteiger partial charge on any atom is 0.305 e. The number of nitrogens with one attached hydrogen (secondary N) is 1. The van der Waals surface area contributed by atoms with E-state index in [2.05, 4.69) is 50.0 Å². The SMILES string of the molecule is CC(C)(C)c1ccc([C@H]2c3sc(=O)[nH]c3SC[C@@H]2C=O)cc1. The van der Waals surface area contributed by atoms with Gasteiger partial charge in [-0.05, 0) is 16.5 Å². The highest BCUT2D eigenvalue weighted by Crippen LogP contribution is 2.44. The summed E-state index contributed by atoms with van der Waals surface area (Å²) in [5, 5.41) is 0.929. The third kappa shape index (κ3) is 2.79. The molecule has 0 saturated heterocycles. The van der Waals surface area contributed by atoms with E-state index < -0.39 is 0 Å². The Kier molecular flexibility index (Phi) is 4.03. The minimum atomic E-state index is -0.0792. The number of rotatable bonds is 2. The van der Waals surface area contributed by atoms with Crippen molar-refractivity contribution in [2.75, 3.05) is 5.75 Å². The van der Waals surface area contributed by atoms with E-state index in [1.165, 1.54) is 16.9 Å². The van der Waals surface area contributed by atoms with Crippen molar-refractivity contribution in [1.29, 1.82) is 0 Å². The van der Waals surface area contributed by atoms with Crippen molar-refractivity contribution in [3.05, 3.63) is 49.9 Å². The molecule has 0 fully saturated rings. The molecule has 5 heteroatoms. The Morgan fingerprint density at radius 1 is 1.23 bits per heavy atom. The van der Waals surface area contributed by atoms with Crippen LogP contribution < -0.4 is 4.87 Å². The number of thiazole rings is 1. The van der Waals surface area contributed by atoms with Gasteiger partial charge in [0.25, 0.3) is 0 Å². The number of benzene rings is 1. The molecule has 2 atom stereocenters. The van der Waals surface area contributed by atoms with Crippen LogP contribution in [0.3, 0.4) is 0 Å². The van der Waals surface area contributed by atoms with Crippen LogP contribution in [-0.4, -0.2) is 17.0 Å². The van der Waals surface area contributed by atoms with Crippen LogP contribution in [0.2, 0.25) is 0 Å². The van der Waals surface area contributed by atoms with Crippen LogP contribution in [0.5, 0.6) is 0 Å². The summed E-state index contributed by atoms with van der Waals surface area (Å²) in [4.78, 5) is 27.0. The molecule has 0 spiro atoms. The molecule has 0 amide bonds. The summed E-state index contributed by atoms with van der Waals surface area (Å²) in [6.45, 7) is 6.55. The summed E-state index contributed by atoms with van der Waals surface area (Å²) in [6, 6.07) is 8.47. The fourth-order valence-corrected chi connectivity index (χ4v) is 5.18. The van der Waals surface area contributed by atoms with Crippen molar-refractivity contribution in [1.82, 2.24) is 4.98 Å². The fraction of sp³-hybridized carbons (Fsp3) is 0.412. The highest BCUT2D eigenvalue weighted by molar-refractivity contribution is 7.99. The van der Waals surface area contributed by atoms with Crippen LogP contribution in [0.4, 0.5) is 0 Å². The van der Waals surface area contributed by atoms with Gasteiger partial charge in [-0.2, -0.15) is 0 Å². The summed E-state index contributed by atoms with van der Waals surface area (Å²) >= 11 is 2.80. The number of hydrogen-bond donors (Lipinski definition) is 1. The highest BCUT2D eigenvalue weighted by atomic mass is 32.2. The van der Waals surface area contributed by atoms with E-state index in [1.54, 1.807) is 11.8 Å². The Balaban J connectivity index is 2.04. The van der Waals surface area contributed by atoms with Gasteiger partial charge in [-0.3, -0.25) is 4.79 Å². The van der Waals surface area contributed by atoms with Crippen LogP contribution >= 0.6 is 23.1 Å². The molecular formula is C17H19NO2S2. The first-order chi connectivity index (χ1) is 10.4. The summed E-state index contributed by atoms with van der Waals surface area (Å²) in [5.74, 6) is 0.630. The number of thioether (sulfide) groups is 1. The molecule has 1 aromatic heterocycles. The lowest BCUT2D eigenvalue weighted by molar-refractivity contribution is -0.110. The van der Waals surface area contributed by atoms with Gasteiger partial charge in [-0.1, -0.05) is 56.4 Å². The van der Waals surface area contributed by atoms with Gasteiger partial charge in [-0.15, -0.1) is 11.8 Å².